The Labute approximate surface area is 139 Å². The van der Waals surface area contributed by atoms with Gasteiger partial charge in [0.1, 0.15) is 0 Å². The Hall–Kier alpha value is -0.620. The minimum atomic E-state index is -3.36. The van der Waals surface area contributed by atoms with Crippen LogP contribution in [-0.4, -0.2) is 28.1 Å². The quantitative estimate of drug-likeness (QED) is 0.861. The average molecular weight is 345 g/mol. The minimum Gasteiger partial charge on any atom is -0.316 e. The van der Waals surface area contributed by atoms with E-state index >= 15 is 0 Å². The molecule has 6 heteroatoms. The van der Waals surface area contributed by atoms with Crippen molar-refractivity contribution in [3.63, 3.8) is 0 Å². The lowest BCUT2D eigenvalue weighted by Crippen LogP contribution is -2.27. The van der Waals surface area contributed by atoms with Crippen LogP contribution in [0.25, 0.3) is 0 Å². The van der Waals surface area contributed by atoms with E-state index in [9.17, 15) is 8.42 Å². The molecule has 1 atom stereocenters. The summed E-state index contributed by atoms with van der Waals surface area (Å²) in [5.74, 6) is 0.608. The fourth-order valence-corrected chi connectivity index (χ4v) is 4.42. The lowest BCUT2D eigenvalue weighted by Gasteiger charge is -2.17. The molecule has 1 aromatic rings. The number of rotatable bonds is 5. The van der Waals surface area contributed by atoms with Gasteiger partial charge in [0.15, 0.2) is 0 Å². The molecule has 0 saturated carbocycles. The van der Waals surface area contributed by atoms with Crippen LogP contribution in [0.4, 0.5) is 0 Å². The highest BCUT2D eigenvalue weighted by molar-refractivity contribution is 7.89. The summed E-state index contributed by atoms with van der Waals surface area (Å²) in [6.45, 7) is 2.61. The van der Waals surface area contributed by atoms with Gasteiger partial charge in [-0.3, -0.25) is 0 Å². The molecule has 1 heterocycles. The number of hydrogen-bond acceptors (Lipinski definition) is 3. The third-order valence-electron chi connectivity index (χ3n) is 4.64. The van der Waals surface area contributed by atoms with Crippen molar-refractivity contribution in [2.45, 2.75) is 43.4 Å². The van der Waals surface area contributed by atoms with Gasteiger partial charge in [0, 0.05) is 6.54 Å². The largest absolute Gasteiger partial charge is 0.316 e. The molecule has 2 aliphatic rings. The van der Waals surface area contributed by atoms with Gasteiger partial charge in [0.25, 0.3) is 0 Å². The predicted octanol–water partition coefficient (Wildman–Crippen LogP) is 2.27. The Kier molecular flexibility index (Phi) is 6.26. The van der Waals surface area contributed by atoms with Crippen LogP contribution in [0.1, 0.15) is 36.8 Å². The van der Waals surface area contributed by atoms with Crippen LogP contribution in [0.5, 0.6) is 0 Å². The van der Waals surface area contributed by atoms with E-state index in [1.54, 1.807) is 6.07 Å². The summed E-state index contributed by atoms with van der Waals surface area (Å²) >= 11 is 0. The molecule has 0 bridgehead atoms. The molecule has 0 amide bonds. The highest BCUT2D eigenvalue weighted by Crippen LogP contribution is 2.24. The van der Waals surface area contributed by atoms with Crippen molar-refractivity contribution in [2.24, 2.45) is 5.92 Å². The third kappa shape index (κ3) is 4.22. The Balaban J connectivity index is 0.00000176. The van der Waals surface area contributed by atoms with Crippen LogP contribution in [0.2, 0.25) is 0 Å². The highest BCUT2D eigenvalue weighted by atomic mass is 35.5. The molecule has 4 nitrogen and oxygen atoms in total. The van der Waals surface area contributed by atoms with Gasteiger partial charge in [-0.1, -0.05) is 6.07 Å². The topological polar surface area (TPSA) is 58.2 Å². The number of fused-ring (bicyclic) bond motifs is 1. The van der Waals surface area contributed by atoms with E-state index in [-0.39, 0.29) is 12.4 Å². The van der Waals surface area contributed by atoms with Crippen molar-refractivity contribution in [1.82, 2.24) is 10.0 Å². The van der Waals surface area contributed by atoms with Crippen molar-refractivity contribution in [3.8, 4) is 0 Å². The normalized spacial score (nSPS) is 21.2. The van der Waals surface area contributed by atoms with E-state index in [4.69, 9.17) is 0 Å². The zero-order chi connectivity index (χ0) is 14.7. The third-order valence-corrected chi connectivity index (χ3v) is 6.10. The van der Waals surface area contributed by atoms with Gasteiger partial charge in [-0.15, -0.1) is 12.4 Å². The molecule has 1 aromatic carbocycles. The molecule has 22 heavy (non-hydrogen) atoms. The molecular weight excluding hydrogens is 320 g/mol. The summed E-state index contributed by atoms with van der Waals surface area (Å²) in [4.78, 5) is 0.424. The van der Waals surface area contributed by atoms with Crippen LogP contribution in [0.3, 0.4) is 0 Å². The maximum absolute atomic E-state index is 12.4. The number of halogens is 1. The van der Waals surface area contributed by atoms with E-state index in [1.807, 2.05) is 12.1 Å². The first kappa shape index (κ1) is 17.7. The summed E-state index contributed by atoms with van der Waals surface area (Å²) in [6, 6.07) is 5.61. The molecule has 2 N–H and O–H groups in total. The Morgan fingerprint density at radius 3 is 2.68 bits per heavy atom. The van der Waals surface area contributed by atoms with E-state index < -0.39 is 10.0 Å². The second kappa shape index (κ2) is 7.77. The van der Waals surface area contributed by atoms with E-state index in [2.05, 4.69) is 10.0 Å². The molecule has 1 saturated heterocycles. The van der Waals surface area contributed by atoms with Crippen molar-refractivity contribution < 1.29 is 8.42 Å². The number of nitrogens with one attached hydrogen (secondary N) is 2. The number of aryl methyl sites for hydroxylation is 2. The highest BCUT2D eigenvalue weighted by Gasteiger charge is 2.19. The first-order valence-electron chi connectivity index (χ1n) is 7.97. The number of sulfonamides is 1. The molecule has 1 unspecified atom stereocenters. The summed E-state index contributed by atoms with van der Waals surface area (Å²) in [5.41, 5.74) is 2.53. The first-order chi connectivity index (χ1) is 10.1. The summed E-state index contributed by atoms with van der Waals surface area (Å²) in [5, 5.41) is 3.31. The van der Waals surface area contributed by atoms with Crippen LogP contribution < -0.4 is 10.0 Å². The van der Waals surface area contributed by atoms with Gasteiger partial charge < -0.3 is 5.32 Å². The van der Waals surface area contributed by atoms with E-state index in [0.717, 1.165) is 38.8 Å². The van der Waals surface area contributed by atoms with Gasteiger partial charge in [0.2, 0.25) is 10.0 Å². The van der Waals surface area contributed by atoms with Gasteiger partial charge >= 0.3 is 0 Å². The summed E-state index contributed by atoms with van der Waals surface area (Å²) in [6.07, 6.45) is 6.54. The SMILES string of the molecule is Cl.O=S(=O)(NCCC1CCNC1)c1ccc2c(c1)CCCC2. The average Bonchev–Trinajstić information content (AvgIpc) is 3.00. The fourth-order valence-electron chi connectivity index (χ4n) is 3.32. The lowest BCUT2D eigenvalue weighted by atomic mass is 9.92. The van der Waals surface area contributed by atoms with E-state index in [1.165, 1.54) is 24.0 Å². The van der Waals surface area contributed by atoms with Crippen molar-refractivity contribution in [2.75, 3.05) is 19.6 Å². The molecule has 124 valence electrons. The summed E-state index contributed by atoms with van der Waals surface area (Å²) in [7, 11) is -3.36. The monoisotopic (exact) mass is 344 g/mol. The zero-order valence-corrected chi connectivity index (χ0v) is 14.4. The number of benzene rings is 1. The molecular formula is C16H25ClN2O2S. The molecule has 1 aliphatic heterocycles. The zero-order valence-electron chi connectivity index (χ0n) is 12.8. The first-order valence-corrected chi connectivity index (χ1v) is 9.46. The van der Waals surface area contributed by atoms with E-state index in [0.29, 0.717) is 17.4 Å². The van der Waals surface area contributed by atoms with Crippen molar-refractivity contribution in [3.05, 3.63) is 29.3 Å². The fraction of sp³-hybridized carbons (Fsp3) is 0.625. The number of hydrogen-bond donors (Lipinski definition) is 2. The second-order valence-electron chi connectivity index (χ2n) is 6.18. The van der Waals surface area contributed by atoms with Crippen LogP contribution in [0.15, 0.2) is 23.1 Å². The van der Waals surface area contributed by atoms with Gasteiger partial charge in [-0.2, -0.15) is 0 Å². The van der Waals surface area contributed by atoms with Gasteiger partial charge in [-0.25, -0.2) is 13.1 Å². The maximum Gasteiger partial charge on any atom is 0.240 e. The van der Waals surface area contributed by atoms with Crippen LogP contribution >= 0.6 is 12.4 Å². The molecule has 3 rings (SSSR count). The Morgan fingerprint density at radius 2 is 1.95 bits per heavy atom. The predicted molar refractivity (Wildman–Crippen MR) is 91.1 cm³/mol. The molecule has 1 fully saturated rings. The Morgan fingerprint density at radius 1 is 1.18 bits per heavy atom. The summed E-state index contributed by atoms with van der Waals surface area (Å²) < 4.78 is 27.5. The standard InChI is InChI=1S/C16H24N2O2S.ClH/c19-21(20,18-10-8-13-7-9-17-12-13)16-6-5-14-3-1-2-4-15(14)11-16;/h5-6,11,13,17-18H,1-4,7-10,12H2;1H. The molecule has 0 aromatic heterocycles. The van der Waals surface area contributed by atoms with Crippen molar-refractivity contribution in [1.29, 1.82) is 0 Å². The van der Waals surface area contributed by atoms with Crippen LogP contribution in [0, 0.1) is 5.92 Å². The Bertz CT molecular complexity index is 598. The van der Waals surface area contributed by atoms with Gasteiger partial charge in [-0.05, 0) is 80.8 Å². The maximum atomic E-state index is 12.4. The smallest absolute Gasteiger partial charge is 0.240 e. The molecule has 1 aliphatic carbocycles. The molecule has 0 spiro atoms. The van der Waals surface area contributed by atoms with Gasteiger partial charge in [0.05, 0.1) is 4.90 Å². The second-order valence-corrected chi connectivity index (χ2v) is 7.95. The molecule has 0 radical (unpaired) electrons. The minimum absolute atomic E-state index is 0. The lowest BCUT2D eigenvalue weighted by molar-refractivity contribution is 0.519. The van der Waals surface area contributed by atoms with Crippen LogP contribution in [-0.2, 0) is 22.9 Å². The van der Waals surface area contributed by atoms with Crippen molar-refractivity contribution >= 4 is 22.4 Å².